The van der Waals surface area contributed by atoms with Crippen LogP contribution in [-0.4, -0.2) is 17.9 Å². The van der Waals surface area contributed by atoms with Gasteiger partial charge in [0.05, 0.1) is 10.6 Å². The molecule has 2 N–H and O–H groups in total. The van der Waals surface area contributed by atoms with Gasteiger partial charge in [-0.25, -0.2) is 0 Å². The van der Waals surface area contributed by atoms with E-state index >= 15 is 0 Å². The molecule has 0 saturated heterocycles. The summed E-state index contributed by atoms with van der Waals surface area (Å²) in [5.41, 5.74) is 5.92. The van der Waals surface area contributed by atoms with Crippen molar-refractivity contribution < 1.29 is 14.3 Å². The smallest absolute Gasteiger partial charge is 0.279 e. The number of rotatable bonds is 6. The van der Waals surface area contributed by atoms with Crippen molar-refractivity contribution in [1.29, 1.82) is 0 Å². The molecule has 0 spiro atoms. The Morgan fingerprint density at radius 3 is 2.44 bits per heavy atom. The van der Waals surface area contributed by atoms with Gasteiger partial charge in [0.15, 0.2) is 6.10 Å². The number of nitrogens with one attached hydrogen (secondary N) is 2. The molecule has 0 radical (unpaired) electrons. The summed E-state index contributed by atoms with van der Waals surface area (Å²) in [6, 6.07) is 12.1. The Kier molecular flexibility index (Phi) is 7.51. The summed E-state index contributed by atoms with van der Waals surface area (Å²) in [6.45, 7) is 5.81. The zero-order valence-corrected chi connectivity index (χ0v) is 16.9. The van der Waals surface area contributed by atoms with Crippen molar-refractivity contribution in [3.63, 3.8) is 0 Å². The van der Waals surface area contributed by atoms with Crippen LogP contribution in [0.15, 0.2) is 42.5 Å². The van der Waals surface area contributed by atoms with Crippen LogP contribution < -0.4 is 15.6 Å². The number of para-hydroxylation sites is 1. The second-order valence-electron chi connectivity index (χ2n) is 6.17. The SMILES string of the molecule is CCC(C)c1ccccc1OC(C)C(=O)NNC(=O)c1ccc(Cl)cc1Cl. The van der Waals surface area contributed by atoms with E-state index in [1.165, 1.54) is 12.1 Å². The first kappa shape index (κ1) is 21.1. The Balaban J connectivity index is 1.97. The Labute approximate surface area is 169 Å². The number of halogens is 2. The Hall–Kier alpha value is -2.24. The van der Waals surface area contributed by atoms with Crippen molar-refractivity contribution >= 4 is 35.0 Å². The van der Waals surface area contributed by atoms with Crippen LogP contribution in [-0.2, 0) is 4.79 Å². The third kappa shape index (κ3) is 5.62. The van der Waals surface area contributed by atoms with E-state index in [1.807, 2.05) is 24.3 Å². The van der Waals surface area contributed by atoms with Crippen molar-refractivity contribution in [2.24, 2.45) is 0 Å². The lowest BCUT2D eigenvalue weighted by atomic mass is 9.98. The van der Waals surface area contributed by atoms with Crippen molar-refractivity contribution in [3.05, 3.63) is 63.6 Å². The average molecular weight is 409 g/mol. The molecule has 144 valence electrons. The minimum atomic E-state index is -0.795. The summed E-state index contributed by atoms with van der Waals surface area (Å²) >= 11 is 11.8. The van der Waals surface area contributed by atoms with Gasteiger partial charge in [-0.05, 0) is 49.1 Å². The van der Waals surface area contributed by atoms with E-state index in [0.717, 1.165) is 12.0 Å². The molecule has 0 saturated carbocycles. The van der Waals surface area contributed by atoms with Gasteiger partial charge in [-0.15, -0.1) is 0 Å². The second-order valence-corrected chi connectivity index (χ2v) is 7.02. The van der Waals surface area contributed by atoms with Gasteiger partial charge in [0, 0.05) is 5.02 Å². The van der Waals surface area contributed by atoms with Crippen molar-refractivity contribution in [2.45, 2.75) is 39.2 Å². The first-order chi connectivity index (χ1) is 12.8. The van der Waals surface area contributed by atoms with Crippen LogP contribution in [0.4, 0.5) is 0 Å². The molecule has 0 bridgehead atoms. The molecule has 2 aromatic carbocycles. The zero-order chi connectivity index (χ0) is 20.0. The van der Waals surface area contributed by atoms with E-state index < -0.39 is 17.9 Å². The van der Waals surface area contributed by atoms with E-state index in [9.17, 15) is 9.59 Å². The molecule has 0 fully saturated rings. The van der Waals surface area contributed by atoms with Crippen LogP contribution in [0.3, 0.4) is 0 Å². The van der Waals surface area contributed by atoms with Crippen LogP contribution in [0.2, 0.25) is 10.0 Å². The van der Waals surface area contributed by atoms with Crippen molar-refractivity contribution in [2.75, 3.05) is 0 Å². The fraction of sp³-hybridized carbons (Fsp3) is 0.300. The second kappa shape index (κ2) is 9.62. The van der Waals surface area contributed by atoms with Crippen LogP contribution in [0.1, 0.15) is 49.0 Å². The predicted octanol–water partition coefficient (Wildman–Crippen LogP) is 4.74. The molecule has 2 rings (SSSR count). The van der Waals surface area contributed by atoms with Crippen molar-refractivity contribution in [3.8, 4) is 5.75 Å². The van der Waals surface area contributed by atoms with Crippen molar-refractivity contribution in [1.82, 2.24) is 10.9 Å². The third-order valence-corrected chi connectivity index (χ3v) is 4.76. The van der Waals surface area contributed by atoms with Gasteiger partial charge < -0.3 is 4.74 Å². The molecule has 0 aliphatic rings. The zero-order valence-electron chi connectivity index (χ0n) is 15.4. The summed E-state index contributed by atoms with van der Waals surface area (Å²) in [5.74, 6) is -0.0607. The normalized spacial score (nSPS) is 12.8. The number of hydrogen-bond donors (Lipinski definition) is 2. The maximum Gasteiger partial charge on any atom is 0.279 e. The Bertz CT molecular complexity index is 827. The maximum absolute atomic E-state index is 12.3. The first-order valence-electron chi connectivity index (χ1n) is 8.64. The standard InChI is InChI=1S/C20H22Cl2N2O3/c1-4-12(2)15-7-5-6-8-18(15)27-13(3)19(25)23-24-20(26)16-10-9-14(21)11-17(16)22/h5-13H,4H2,1-3H3,(H,23,25)(H,24,26). The molecule has 2 amide bonds. The molecule has 0 heterocycles. The minimum Gasteiger partial charge on any atom is -0.481 e. The molecule has 27 heavy (non-hydrogen) atoms. The summed E-state index contributed by atoms with van der Waals surface area (Å²) in [6.07, 6.45) is 0.162. The fourth-order valence-corrected chi connectivity index (χ4v) is 2.91. The Morgan fingerprint density at radius 1 is 1.07 bits per heavy atom. The molecule has 0 aliphatic heterocycles. The average Bonchev–Trinajstić information content (AvgIpc) is 2.65. The molecular formula is C20H22Cl2N2O3. The van der Waals surface area contributed by atoms with Gasteiger partial charge in [-0.1, -0.05) is 55.2 Å². The van der Waals surface area contributed by atoms with Gasteiger partial charge in [0.1, 0.15) is 5.75 Å². The molecular weight excluding hydrogens is 387 g/mol. The maximum atomic E-state index is 12.3. The lowest BCUT2D eigenvalue weighted by Crippen LogP contribution is -2.47. The largest absolute Gasteiger partial charge is 0.481 e. The van der Waals surface area contributed by atoms with E-state index in [4.69, 9.17) is 27.9 Å². The van der Waals surface area contributed by atoms with Gasteiger partial charge in [0.2, 0.25) is 0 Å². The molecule has 2 unspecified atom stereocenters. The van der Waals surface area contributed by atoms with E-state index in [2.05, 4.69) is 24.7 Å². The number of carbonyl (C=O) groups excluding carboxylic acids is 2. The van der Waals surface area contributed by atoms with Gasteiger partial charge in [-0.2, -0.15) is 0 Å². The summed E-state index contributed by atoms with van der Waals surface area (Å²) in [7, 11) is 0. The van der Waals surface area contributed by atoms with E-state index in [1.54, 1.807) is 13.0 Å². The van der Waals surface area contributed by atoms with Crippen LogP contribution in [0.5, 0.6) is 5.75 Å². The number of ether oxygens (including phenoxy) is 1. The van der Waals surface area contributed by atoms with Gasteiger partial charge >= 0.3 is 0 Å². The highest BCUT2D eigenvalue weighted by molar-refractivity contribution is 6.36. The van der Waals surface area contributed by atoms with Gasteiger partial charge in [0.25, 0.3) is 11.8 Å². The molecule has 0 aliphatic carbocycles. The number of hydrazine groups is 1. The molecule has 7 heteroatoms. The summed E-state index contributed by atoms with van der Waals surface area (Å²) in [4.78, 5) is 24.4. The highest BCUT2D eigenvalue weighted by Gasteiger charge is 2.19. The van der Waals surface area contributed by atoms with Crippen LogP contribution in [0, 0.1) is 0 Å². The van der Waals surface area contributed by atoms with E-state index in [0.29, 0.717) is 16.7 Å². The minimum absolute atomic E-state index is 0.195. The van der Waals surface area contributed by atoms with Crippen LogP contribution in [0.25, 0.3) is 0 Å². The topological polar surface area (TPSA) is 67.4 Å². The predicted molar refractivity (Wildman–Crippen MR) is 107 cm³/mol. The summed E-state index contributed by atoms with van der Waals surface area (Å²) in [5, 5.41) is 0.614. The van der Waals surface area contributed by atoms with Gasteiger partial charge in [-0.3, -0.25) is 20.4 Å². The number of benzene rings is 2. The Morgan fingerprint density at radius 2 is 1.78 bits per heavy atom. The lowest BCUT2D eigenvalue weighted by Gasteiger charge is -2.19. The number of amides is 2. The lowest BCUT2D eigenvalue weighted by molar-refractivity contribution is -0.128. The molecule has 5 nitrogen and oxygen atoms in total. The quantitative estimate of drug-likeness (QED) is 0.678. The van der Waals surface area contributed by atoms with E-state index in [-0.39, 0.29) is 10.6 Å². The highest BCUT2D eigenvalue weighted by atomic mass is 35.5. The fourth-order valence-electron chi connectivity index (χ4n) is 2.42. The first-order valence-corrected chi connectivity index (χ1v) is 9.39. The molecule has 0 aromatic heterocycles. The molecule has 2 aromatic rings. The van der Waals surface area contributed by atoms with Crippen LogP contribution >= 0.6 is 23.2 Å². The monoisotopic (exact) mass is 408 g/mol. The third-order valence-electron chi connectivity index (χ3n) is 4.21. The molecule has 2 atom stereocenters. The number of carbonyl (C=O) groups is 2. The highest BCUT2D eigenvalue weighted by Crippen LogP contribution is 2.29. The number of hydrogen-bond acceptors (Lipinski definition) is 3. The summed E-state index contributed by atoms with van der Waals surface area (Å²) < 4.78 is 5.80.